The van der Waals surface area contributed by atoms with Crippen molar-refractivity contribution in [3.63, 3.8) is 0 Å². The van der Waals surface area contributed by atoms with Gasteiger partial charge in [0.15, 0.2) is 0 Å². The van der Waals surface area contributed by atoms with Crippen LogP contribution < -0.4 is 4.74 Å². The van der Waals surface area contributed by atoms with Crippen molar-refractivity contribution in [1.82, 2.24) is 9.80 Å². The Hall–Kier alpha value is -4.01. The molecule has 1 unspecified atom stereocenters. The number of aliphatic hydroxyl groups is 1. The zero-order valence-corrected chi connectivity index (χ0v) is 20.9. The van der Waals surface area contributed by atoms with Gasteiger partial charge >= 0.3 is 0 Å². The smallest absolute Gasteiger partial charge is 0.295 e. The van der Waals surface area contributed by atoms with E-state index in [1.807, 2.05) is 42.5 Å². The summed E-state index contributed by atoms with van der Waals surface area (Å²) >= 11 is 0. The zero-order chi connectivity index (χ0) is 26.5. The first kappa shape index (κ1) is 25.6. The maximum Gasteiger partial charge on any atom is 0.295 e. The van der Waals surface area contributed by atoms with Crippen LogP contribution in [0.1, 0.15) is 22.7 Å². The van der Waals surface area contributed by atoms with Crippen LogP contribution in [0.25, 0.3) is 5.76 Å². The number of carbonyl (C=O) groups excluding carboxylic acids is 2. The molecule has 196 valence electrons. The van der Waals surface area contributed by atoms with Crippen LogP contribution in [0.2, 0.25) is 0 Å². The van der Waals surface area contributed by atoms with E-state index in [0.29, 0.717) is 44.2 Å². The van der Waals surface area contributed by atoms with Crippen LogP contribution in [0.15, 0.2) is 84.4 Å². The van der Waals surface area contributed by atoms with Crippen molar-refractivity contribution in [2.75, 3.05) is 39.4 Å². The predicted octanol–water partition coefficient (Wildman–Crippen LogP) is 4.16. The molecule has 1 N–H and O–H groups in total. The maximum absolute atomic E-state index is 13.5. The Balaban J connectivity index is 1.49. The molecular formula is C30H29FN2O5. The van der Waals surface area contributed by atoms with Crippen LogP contribution in [0.5, 0.6) is 5.75 Å². The normalized spacial score (nSPS) is 19.6. The van der Waals surface area contributed by atoms with Crippen molar-refractivity contribution < 1.29 is 28.6 Å². The molecule has 3 aromatic rings. The van der Waals surface area contributed by atoms with E-state index in [9.17, 15) is 19.1 Å². The number of nitrogens with zero attached hydrogens (tertiary/aromatic N) is 2. The third-order valence-electron chi connectivity index (χ3n) is 6.84. The number of Topliss-reactive ketones (excluding diaryl/α,β-unsaturated/α-hetero) is 1. The molecule has 2 saturated heterocycles. The summed E-state index contributed by atoms with van der Waals surface area (Å²) in [4.78, 5) is 30.2. The molecule has 3 aromatic carbocycles. The first-order chi connectivity index (χ1) is 18.5. The molecule has 2 fully saturated rings. The number of rotatable bonds is 8. The molecule has 0 spiro atoms. The van der Waals surface area contributed by atoms with Crippen LogP contribution in [-0.4, -0.2) is 66.0 Å². The summed E-state index contributed by atoms with van der Waals surface area (Å²) in [6.07, 6.45) is 0. The lowest BCUT2D eigenvalue weighted by Crippen LogP contribution is -2.42. The first-order valence-electron chi connectivity index (χ1n) is 12.6. The van der Waals surface area contributed by atoms with E-state index in [-0.39, 0.29) is 16.9 Å². The van der Waals surface area contributed by atoms with Crippen LogP contribution in [0.4, 0.5) is 4.39 Å². The van der Waals surface area contributed by atoms with Gasteiger partial charge in [-0.05, 0) is 47.5 Å². The number of halogens is 1. The fraction of sp³-hybridized carbons (Fsp3) is 0.267. The SMILES string of the molecule is O=C1C(=O)N(CCN2CCOCC2)C(c2cccc(OCc3ccccc3)c2)C1=C(O)c1ccc(F)cc1. The molecule has 0 saturated carbocycles. The number of ether oxygens (including phenoxy) is 2. The van der Waals surface area contributed by atoms with Gasteiger partial charge in [-0.15, -0.1) is 0 Å². The Labute approximate surface area is 220 Å². The number of amides is 1. The second kappa shape index (κ2) is 11.6. The molecule has 0 bridgehead atoms. The topological polar surface area (TPSA) is 79.3 Å². The Bertz CT molecular complexity index is 1320. The fourth-order valence-corrected chi connectivity index (χ4v) is 4.81. The largest absolute Gasteiger partial charge is 0.507 e. The van der Waals surface area contributed by atoms with Gasteiger partial charge in [0.2, 0.25) is 0 Å². The molecule has 2 aliphatic rings. The standard InChI is InChI=1S/C30H29FN2O5/c31-24-11-9-22(10-12-24)28(34)26-27(33(30(36)29(26)35)14-13-32-15-17-37-18-16-32)23-7-4-8-25(19-23)38-20-21-5-2-1-3-6-21/h1-12,19,27,34H,13-18,20H2. The first-order valence-corrected chi connectivity index (χ1v) is 12.6. The quantitative estimate of drug-likeness (QED) is 0.275. The van der Waals surface area contributed by atoms with E-state index >= 15 is 0 Å². The lowest BCUT2D eigenvalue weighted by atomic mass is 9.95. The number of aliphatic hydroxyl groups excluding tert-OH is 1. The summed E-state index contributed by atoms with van der Waals surface area (Å²) in [5, 5.41) is 11.2. The number of hydrogen-bond donors (Lipinski definition) is 1. The molecule has 2 heterocycles. The van der Waals surface area contributed by atoms with Crippen molar-refractivity contribution in [1.29, 1.82) is 0 Å². The number of hydrogen-bond acceptors (Lipinski definition) is 6. The Morgan fingerprint density at radius 2 is 1.68 bits per heavy atom. The summed E-state index contributed by atoms with van der Waals surface area (Å²) in [6.45, 7) is 3.94. The highest BCUT2D eigenvalue weighted by molar-refractivity contribution is 6.46. The minimum Gasteiger partial charge on any atom is -0.507 e. The van der Waals surface area contributed by atoms with Crippen molar-refractivity contribution in [3.8, 4) is 5.75 Å². The molecule has 0 radical (unpaired) electrons. The molecule has 0 aromatic heterocycles. The maximum atomic E-state index is 13.5. The van der Waals surface area contributed by atoms with E-state index < -0.39 is 23.5 Å². The van der Waals surface area contributed by atoms with E-state index in [1.54, 1.807) is 12.1 Å². The molecule has 0 aliphatic carbocycles. The average molecular weight is 517 g/mol. The molecule has 1 atom stereocenters. The summed E-state index contributed by atoms with van der Waals surface area (Å²) in [6, 6.07) is 21.3. The van der Waals surface area contributed by atoms with Crippen LogP contribution in [0, 0.1) is 5.82 Å². The fourth-order valence-electron chi connectivity index (χ4n) is 4.81. The van der Waals surface area contributed by atoms with Crippen LogP contribution in [-0.2, 0) is 20.9 Å². The van der Waals surface area contributed by atoms with E-state index in [4.69, 9.17) is 9.47 Å². The summed E-state index contributed by atoms with van der Waals surface area (Å²) in [5.41, 5.74) is 1.88. The van der Waals surface area contributed by atoms with Crippen molar-refractivity contribution in [2.24, 2.45) is 0 Å². The highest BCUT2D eigenvalue weighted by atomic mass is 19.1. The van der Waals surface area contributed by atoms with Gasteiger partial charge in [0.25, 0.3) is 11.7 Å². The second-order valence-corrected chi connectivity index (χ2v) is 9.30. The number of benzene rings is 3. The third-order valence-corrected chi connectivity index (χ3v) is 6.84. The molecule has 5 rings (SSSR count). The summed E-state index contributed by atoms with van der Waals surface area (Å²) in [5.74, 6) is -1.67. The molecule has 8 heteroatoms. The van der Waals surface area contributed by atoms with Crippen LogP contribution in [0.3, 0.4) is 0 Å². The van der Waals surface area contributed by atoms with E-state index in [0.717, 1.165) is 18.7 Å². The molecule has 1 amide bonds. The van der Waals surface area contributed by atoms with E-state index in [2.05, 4.69) is 4.90 Å². The Kier molecular flexibility index (Phi) is 7.81. The van der Waals surface area contributed by atoms with Gasteiger partial charge in [0.1, 0.15) is 23.9 Å². The zero-order valence-electron chi connectivity index (χ0n) is 20.9. The average Bonchev–Trinajstić information content (AvgIpc) is 3.21. The van der Waals surface area contributed by atoms with Gasteiger partial charge in [0.05, 0.1) is 24.8 Å². The number of morpholine rings is 1. The second-order valence-electron chi connectivity index (χ2n) is 9.30. The summed E-state index contributed by atoms with van der Waals surface area (Å²) in [7, 11) is 0. The van der Waals surface area contributed by atoms with Crippen molar-refractivity contribution in [3.05, 3.63) is 107 Å². The summed E-state index contributed by atoms with van der Waals surface area (Å²) < 4.78 is 24.9. The highest BCUT2D eigenvalue weighted by Gasteiger charge is 2.46. The number of carbonyl (C=O) groups is 2. The molecule has 7 nitrogen and oxygen atoms in total. The minimum atomic E-state index is -0.818. The van der Waals surface area contributed by atoms with Crippen molar-refractivity contribution in [2.45, 2.75) is 12.6 Å². The molecular weight excluding hydrogens is 487 g/mol. The van der Waals surface area contributed by atoms with Crippen LogP contribution >= 0.6 is 0 Å². The Morgan fingerprint density at radius 3 is 2.42 bits per heavy atom. The lowest BCUT2D eigenvalue weighted by Gasteiger charge is -2.31. The Morgan fingerprint density at radius 1 is 0.947 bits per heavy atom. The molecule has 38 heavy (non-hydrogen) atoms. The van der Waals surface area contributed by atoms with Gasteiger partial charge < -0.3 is 19.5 Å². The lowest BCUT2D eigenvalue weighted by molar-refractivity contribution is -0.140. The third kappa shape index (κ3) is 5.61. The minimum absolute atomic E-state index is 0.0243. The van der Waals surface area contributed by atoms with Gasteiger partial charge in [-0.25, -0.2) is 4.39 Å². The van der Waals surface area contributed by atoms with E-state index in [1.165, 1.54) is 29.2 Å². The number of likely N-dealkylation sites (tertiary alicyclic amines) is 1. The van der Waals surface area contributed by atoms with Gasteiger partial charge in [-0.2, -0.15) is 0 Å². The number of ketones is 1. The van der Waals surface area contributed by atoms with Crippen molar-refractivity contribution >= 4 is 17.4 Å². The molecule has 2 aliphatic heterocycles. The predicted molar refractivity (Wildman–Crippen MR) is 140 cm³/mol. The monoisotopic (exact) mass is 516 g/mol. The van der Waals surface area contributed by atoms with Gasteiger partial charge in [-0.3, -0.25) is 14.5 Å². The van der Waals surface area contributed by atoms with Gasteiger partial charge in [0, 0.05) is 31.7 Å². The van der Waals surface area contributed by atoms with Gasteiger partial charge in [-0.1, -0.05) is 42.5 Å². The highest BCUT2D eigenvalue weighted by Crippen LogP contribution is 2.40.